The van der Waals surface area contributed by atoms with Crippen LogP contribution in [0.25, 0.3) is 33.3 Å². The summed E-state index contributed by atoms with van der Waals surface area (Å²) in [5, 5.41) is 4.91. The molecule has 0 unspecified atom stereocenters. The van der Waals surface area contributed by atoms with Crippen LogP contribution in [0.5, 0.6) is 5.75 Å². The van der Waals surface area contributed by atoms with Crippen LogP contribution < -0.4 is 10.1 Å². The number of hydrogen-bond donors (Lipinski definition) is 1. The number of rotatable bonds is 4. The van der Waals surface area contributed by atoms with E-state index in [-0.39, 0.29) is 5.91 Å². The lowest BCUT2D eigenvalue weighted by molar-refractivity contribution is 0.102. The molecule has 0 radical (unpaired) electrons. The summed E-state index contributed by atoms with van der Waals surface area (Å²) in [5.74, 6) is 0.743. The largest absolute Gasteiger partial charge is 0.495 e. The van der Waals surface area contributed by atoms with Crippen molar-refractivity contribution in [1.82, 2.24) is 4.98 Å². The van der Waals surface area contributed by atoms with Gasteiger partial charge in [0.25, 0.3) is 5.91 Å². The van der Waals surface area contributed by atoms with Gasteiger partial charge in [0, 0.05) is 11.3 Å². The van der Waals surface area contributed by atoms with Gasteiger partial charge >= 0.3 is 0 Å². The summed E-state index contributed by atoms with van der Waals surface area (Å²) in [7, 11) is 1.56. The number of oxazole rings is 1. The SMILES string of the molecule is COc1c(C(=O)Nc2cccc(-c3nc4cc(C)cc(C)c4o3)c2)cc2ccccc2c1Br. The average molecular weight is 501 g/mol. The summed E-state index contributed by atoms with van der Waals surface area (Å²) in [5.41, 5.74) is 5.64. The van der Waals surface area contributed by atoms with E-state index in [1.807, 2.05) is 74.5 Å². The van der Waals surface area contributed by atoms with E-state index in [0.717, 1.165) is 43.0 Å². The topological polar surface area (TPSA) is 64.4 Å². The number of aryl methyl sites for hydroxylation is 2. The van der Waals surface area contributed by atoms with Crippen LogP contribution in [0.1, 0.15) is 21.5 Å². The molecule has 1 heterocycles. The van der Waals surface area contributed by atoms with E-state index in [1.165, 1.54) is 0 Å². The molecule has 1 amide bonds. The highest BCUT2D eigenvalue weighted by atomic mass is 79.9. The fourth-order valence-corrected chi connectivity index (χ4v) is 4.82. The number of fused-ring (bicyclic) bond motifs is 2. The number of carbonyl (C=O) groups excluding carboxylic acids is 1. The molecule has 0 saturated heterocycles. The first-order valence-electron chi connectivity index (χ1n) is 10.5. The fourth-order valence-electron chi connectivity index (χ4n) is 4.08. The Morgan fingerprint density at radius 1 is 1.03 bits per heavy atom. The molecule has 5 nitrogen and oxygen atoms in total. The number of anilines is 1. The summed E-state index contributed by atoms with van der Waals surface area (Å²) in [6.07, 6.45) is 0. The number of amides is 1. The van der Waals surface area contributed by atoms with Gasteiger partial charge in [0.05, 0.1) is 17.1 Å². The quantitative estimate of drug-likeness (QED) is 0.281. The molecule has 0 aliphatic carbocycles. The van der Waals surface area contributed by atoms with Crippen LogP contribution in [0, 0.1) is 13.8 Å². The van der Waals surface area contributed by atoms with Crippen LogP contribution in [0.4, 0.5) is 5.69 Å². The normalized spacial score (nSPS) is 11.2. The molecule has 0 saturated carbocycles. The van der Waals surface area contributed by atoms with Crippen molar-refractivity contribution in [2.75, 3.05) is 12.4 Å². The van der Waals surface area contributed by atoms with Gasteiger partial charge in [0.2, 0.25) is 5.89 Å². The number of nitrogens with zero attached hydrogens (tertiary/aromatic N) is 1. The van der Waals surface area contributed by atoms with Crippen LogP contribution in [0.2, 0.25) is 0 Å². The molecular formula is C27H21BrN2O3. The maximum Gasteiger partial charge on any atom is 0.259 e. The van der Waals surface area contributed by atoms with Gasteiger partial charge < -0.3 is 14.5 Å². The molecule has 5 aromatic rings. The molecule has 0 aliphatic heterocycles. The molecule has 1 aromatic heterocycles. The van der Waals surface area contributed by atoms with Gasteiger partial charge in [0.15, 0.2) is 5.58 Å². The van der Waals surface area contributed by atoms with E-state index >= 15 is 0 Å². The monoisotopic (exact) mass is 500 g/mol. The molecule has 0 spiro atoms. The summed E-state index contributed by atoms with van der Waals surface area (Å²) >= 11 is 3.59. The molecule has 4 aromatic carbocycles. The summed E-state index contributed by atoms with van der Waals surface area (Å²) in [6.45, 7) is 4.05. The van der Waals surface area contributed by atoms with E-state index in [2.05, 4.69) is 32.3 Å². The van der Waals surface area contributed by atoms with Gasteiger partial charge in [-0.25, -0.2) is 4.98 Å². The Hall–Kier alpha value is -3.64. The Kier molecular flexibility index (Phi) is 5.38. The average Bonchev–Trinajstić information content (AvgIpc) is 3.24. The maximum atomic E-state index is 13.2. The molecule has 0 aliphatic rings. The zero-order chi connectivity index (χ0) is 23.1. The molecule has 5 rings (SSSR count). The first-order valence-corrected chi connectivity index (χ1v) is 11.3. The minimum Gasteiger partial charge on any atom is -0.495 e. The molecule has 6 heteroatoms. The van der Waals surface area contributed by atoms with Gasteiger partial charge in [-0.1, -0.05) is 36.4 Å². The second kappa shape index (κ2) is 8.37. The Balaban J connectivity index is 1.50. The predicted octanol–water partition coefficient (Wildman–Crippen LogP) is 7.29. The Morgan fingerprint density at radius 3 is 2.67 bits per heavy atom. The van der Waals surface area contributed by atoms with E-state index in [4.69, 9.17) is 9.15 Å². The molecule has 0 fully saturated rings. The van der Waals surface area contributed by atoms with Crippen molar-refractivity contribution < 1.29 is 13.9 Å². The number of ether oxygens (including phenoxy) is 1. The number of methoxy groups -OCH3 is 1. The smallest absolute Gasteiger partial charge is 0.259 e. The van der Waals surface area contributed by atoms with E-state index in [1.54, 1.807) is 7.11 Å². The minimum atomic E-state index is -0.264. The first kappa shape index (κ1) is 21.2. The van der Waals surface area contributed by atoms with E-state index in [0.29, 0.717) is 22.9 Å². The van der Waals surface area contributed by atoms with Crippen LogP contribution in [0.3, 0.4) is 0 Å². The molecule has 33 heavy (non-hydrogen) atoms. The van der Waals surface area contributed by atoms with Crippen LogP contribution in [-0.2, 0) is 0 Å². The zero-order valence-electron chi connectivity index (χ0n) is 18.4. The van der Waals surface area contributed by atoms with Crippen LogP contribution in [-0.4, -0.2) is 18.0 Å². The fraction of sp³-hybridized carbons (Fsp3) is 0.111. The highest BCUT2D eigenvalue weighted by molar-refractivity contribution is 9.10. The minimum absolute atomic E-state index is 0.264. The van der Waals surface area contributed by atoms with Crippen molar-refractivity contribution in [3.8, 4) is 17.2 Å². The molecular weight excluding hydrogens is 480 g/mol. The van der Waals surface area contributed by atoms with E-state index < -0.39 is 0 Å². The lowest BCUT2D eigenvalue weighted by Crippen LogP contribution is -2.13. The highest BCUT2D eigenvalue weighted by Crippen LogP contribution is 2.37. The highest BCUT2D eigenvalue weighted by Gasteiger charge is 2.19. The van der Waals surface area contributed by atoms with Crippen LogP contribution >= 0.6 is 15.9 Å². The molecule has 1 N–H and O–H groups in total. The van der Waals surface area contributed by atoms with Gasteiger partial charge in [-0.2, -0.15) is 0 Å². The third-order valence-electron chi connectivity index (χ3n) is 5.58. The second-order valence-corrected chi connectivity index (χ2v) is 8.77. The Bertz CT molecular complexity index is 1540. The predicted molar refractivity (Wildman–Crippen MR) is 135 cm³/mol. The number of aromatic nitrogens is 1. The first-order chi connectivity index (χ1) is 15.9. The summed E-state index contributed by atoms with van der Waals surface area (Å²) < 4.78 is 12.3. The number of hydrogen-bond acceptors (Lipinski definition) is 4. The second-order valence-electron chi connectivity index (χ2n) is 7.98. The van der Waals surface area contributed by atoms with Crippen molar-refractivity contribution in [2.45, 2.75) is 13.8 Å². The van der Waals surface area contributed by atoms with Crippen molar-refractivity contribution in [1.29, 1.82) is 0 Å². The zero-order valence-corrected chi connectivity index (χ0v) is 20.0. The molecule has 0 atom stereocenters. The standard InChI is InChI=1S/C27H21BrN2O3/c1-15-11-16(2)24-22(12-15)30-27(33-24)18-8-6-9-19(13-18)29-26(31)21-14-17-7-4-5-10-20(17)23(28)25(21)32-3/h4-14H,1-3H3,(H,29,31). The summed E-state index contributed by atoms with van der Waals surface area (Å²) in [4.78, 5) is 17.9. The van der Waals surface area contributed by atoms with Crippen molar-refractivity contribution >= 4 is 49.4 Å². The number of benzene rings is 4. The lowest BCUT2D eigenvalue weighted by atomic mass is 10.0. The van der Waals surface area contributed by atoms with Gasteiger partial charge in [-0.3, -0.25) is 4.79 Å². The molecule has 0 bridgehead atoms. The molecule has 164 valence electrons. The third kappa shape index (κ3) is 3.87. The van der Waals surface area contributed by atoms with Gasteiger partial charge in [-0.05, 0) is 82.0 Å². The van der Waals surface area contributed by atoms with Crippen molar-refractivity contribution in [2.24, 2.45) is 0 Å². The van der Waals surface area contributed by atoms with Crippen molar-refractivity contribution in [3.05, 3.63) is 87.9 Å². The maximum absolute atomic E-state index is 13.2. The summed E-state index contributed by atoms with van der Waals surface area (Å²) in [6, 6.07) is 21.2. The van der Waals surface area contributed by atoms with Crippen molar-refractivity contribution in [3.63, 3.8) is 0 Å². The number of nitrogens with one attached hydrogen (secondary N) is 1. The van der Waals surface area contributed by atoms with E-state index in [9.17, 15) is 4.79 Å². The van der Waals surface area contributed by atoms with Crippen LogP contribution in [0.15, 0.2) is 75.6 Å². The lowest BCUT2D eigenvalue weighted by Gasteiger charge is -2.14. The van der Waals surface area contributed by atoms with Gasteiger partial charge in [0.1, 0.15) is 11.3 Å². The van der Waals surface area contributed by atoms with Gasteiger partial charge in [-0.15, -0.1) is 0 Å². The Morgan fingerprint density at radius 2 is 1.85 bits per heavy atom. The number of halogens is 1. The third-order valence-corrected chi connectivity index (χ3v) is 6.36. The Labute approximate surface area is 199 Å². The number of carbonyl (C=O) groups is 1.